The molecule has 21 heavy (non-hydrogen) atoms. The second-order valence-corrected chi connectivity index (χ2v) is 5.73. The molecular formula is C14H22N6O. The molecule has 0 aromatic carbocycles. The number of likely N-dealkylation sites (tertiary alicyclic amines) is 1. The van der Waals surface area contributed by atoms with Gasteiger partial charge < -0.3 is 5.11 Å². The zero-order valence-corrected chi connectivity index (χ0v) is 12.4. The van der Waals surface area contributed by atoms with E-state index in [0.717, 1.165) is 39.0 Å². The van der Waals surface area contributed by atoms with E-state index in [9.17, 15) is 0 Å². The lowest BCUT2D eigenvalue weighted by Crippen LogP contribution is -2.38. The van der Waals surface area contributed by atoms with E-state index in [1.54, 1.807) is 0 Å². The summed E-state index contributed by atoms with van der Waals surface area (Å²) in [5.74, 6) is 0. The number of nitrogens with zero attached hydrogens (tertiary/aromatic N) is 6. The Morgan fingerprint density at radius 1 is 1.33 bits per heavy atom. The number of hydrogen-bond donors (Lipinski definition) is 1. The molecule has 2 aromatic rings. The van der Waals surface area contributed by atoms with Gasteiger partial charge >= 0.3 is 0 Å². The van der Waals surface area contributed by atoms with Gasteiger partial charge in [0.05, 0.1) is 31.6 Å². The molecule has 0 saturated carbocycles. The van der Waals surface area contributed by atoms with Crippen LogP contribution in [-0.4, -0.2) is 54.4 Å². The normalized spacial score (nSPS) is 20.0. The van der Waals surface area contributed by atoms with Gasteiger partial charge in [-0.1, -0.05) is 5.21 Å². The molecule has 2 aromatic heterocycles. The number of aliphatic hydroxyl groups is 1. The highest BCUT2D eigenvalue weighted by molar-refractivity contribution is 4.99. The van der Waals surface area contributed by atoms with Crippen LogP contribution in [0.15, 0.2) is 18.6 Å². The molecule has 0 amide bonds. The topological polar surface area (TPSA) is 72.0 Å². The molecule has 114 valence electrons. The molecule has 3 rings (SSSR count). The summed E-state index contributed by atoms with van der Waals surface area (Å²) in [6.07, 6.45) is 8.10. The summed E-state index contributed by atoms with van der Waals surface area (Å²) in [6.45, 7) is 6.03. The van der Waals surface area contributed by atoms with Crippen molar-refractivity contribution in [1.82, 2.24) is 29.7 Å². The minimum Gasteiger partial charge on any atom is -0.390 e. The van der Waals surface area contributed by atoms with Gasteiger partial charge in [-0.3, -0.25) is 9.58 Å². The van der Waals surface area contributed by atoms with E-state index < -0.39 is 0 Å². The van der Waals surface area contributed by atoms with Crippen LogP contribution in [0.25, 0.3) is 0 Å². The van der Waals surface area contributed by atoms with Crippen molar-refractivity contribution in [3.05, 3.63) is 29.8 Å². The molecule has 0 radical (unpaired) electrons. The molecule has 1 saturated heterocycles. The van der Waals surface area contributed by atoms with E-state index in [1.165, 1.54) is 5.56 Å². The van der Waals surface area contributed by atoms with Crippen molar-refractivity contribution in [2.24, 2.45) is 0 Å². The summed E-state index contributed by atoms with van der Waals surface area (Å²) in [7, 11) is 0. The highest BCUT2D eigenvalue weighted by atomic mass is 16.3. The zero-order valence-electron chi connectivity index (χ0n) is 12.4. The van der Waals surface area contributed by atoms with Gasteiger partial charge in [-0.05, 0) is 31.9 Å². The van der Waals surface area contributed by atoms with Crippen molar-refractivity contribution in [2.75, 3.05) is 19.6 Å². The number of rotatable bonds is 5. The Morgan fingerprint density at radius 3 is 2.95 bits per heavy atom. The Labute approximate surface area is 124 Å². The summed E-state index contributed by atoms with van der Waals surface area (Å²) in [4.78, 5) is 2.45. The van der Waals surface area contributed by atoms with Crippen LogP contribution < -0.4 is 0 Å². The standard InChI is InChI=1S/C14H22N6O/c1-12-7-15-19(8-12)6-5-18-4-2-3-14(10-18)20-9-13(11-21)16-17-20/h7-9,14,21H,2-6,10-11H2,1H3. The third kappa shape index (κ3) is 3.48. The second-order valence-electron chi connectivity index (χ2n) is 5.73. The van der Waals surface area contributed by atoms with Crippen LogP contribution in [-0.2, 0) is 13.2 Å². The zero-order chi connectivity index (χ0) is 14.7. The van der Waals surface area contributed by atoms with Crippen LogP contribution in [0.2, 0.25) is 0 Å². The Bertz CT molecular complexity index is 578. The molecule has 3 heterocycles. The number of hydrogen-bond acceptors (Lipinski definition) is 5. The Kier molecular flexibility index (Phi) is 4.31. The van der Waals surface area contributed by atoms with E-state index in [0.29, 0.717) is 11.7 Å². The molecule has 0 spiro atoms. The number of aryl methyl sites for hydroxylation is 1. The first-order chi connectivity index (χ1) is 10.2. The van der Waals surface area contributed by atoms with Gasteiger partial charge in [0.2, 0.25) is 0 Å². The van der Waals surface area contributed by atoms with Gasteiger partial charge in [0.15, 0.2) is 0 Å². The molecule has 1 aliphatic rings. The van der Waals surface area contributed by atoms with Gasteiger partial charge in [0.25, 0.3) is 0 Å². The van der Waals surface area contributed by atoms with Crippen LogP contribution in [0.1, 0.15) is 30.1 Å². The van der Waals surface area contributed by atoms with Crippen molar-refractivity contribution >= 4 is 0 Å². The van der Waals surface area contributed by atoms with Gasteiger partial charge in [-0.15, -0.1) is 5.10 Å². The molecular weight excluding hydrogens is 268 g/mol. The van der Waals surface area contributed by atoms with Gasteiger partial charge in [-0.25, -0.2) is 4.68 Å². The molecule has 1 unspecified atom stereocenters. The van der Waals surface area contributed by atoms with Crippen molar-refractivity contribution in [1.29, 1.82) is 0 Å². The average Bonchev–Trinajstić information content (AvgIpc) is 3.14. The van der Waals surface area contributed by atoms with Crippen LogP contribution >= 0.6 is 0 Å². The lowest BCUT2D eigenvalue weighted by Gasteiger charge is -2.32. The van der Waals surface area contributed by atoms with Crippen molar-refractivity contribution in [2.45, 2.75) is 39.0 Å². The first-order valence-corrected chi connectivity index (χ1v) is 7.47. The quantitative estimate of drug-likeness (QED) is 0.873. The minimum atomic E-state index is -0.0465. The summed E-state index contributed by atoms with van der Waals surface area (Å²) in [5, 5.41) is 21.5. The fourth-order valence-electron chi connectivity index (χ4n) is 2.85. The molecule has 7 heteroatoms. The first kappa shape index (κ1) is 14.2. The number of aliphatic hydroxyl groups excluding tert-OH is 1. The van der Waals surface area contributed by atoms with E-state index in [4.69, 9.17) is 5.11 Å². The fourth-order valence-corrected chi connectivity index (χ4v) is 2.85. The molecule has 1 aliphatic heterocycles. The molecule has 1 N–H and O–H groups in total. The maximum Gasteiger partial charge on any atom is 0.108 e. The highest BCUT2D eigenvalue weighted by Crippen LogP contribution is 2.20. The Morgan fingerprint density at radius 2 is 2.24 bits per heavy atom. The lowest BCUT2D eigenvalue weighted by atomic mass is 10.1. The maximum atomic E-state index is 9.08. The Balaban J connectivity index is 1.55. The summed E-state index contributed by atoms with van der Waals surface area (Å²) in [6, 6.07) is 0.353. The molecule has 7 nitrogen and oxygen atoms in total. The smallest absolute Gasteiger partial charge is 0.108 e. The average molecular weight is 290 g/mol. The first-order valence-electron chi connectivity index (χ1n) is 7.47. The predicted octanol–water partition coefficient (Wildman–Crippen LogP) is 0.612. The predicted molar refractivity (Wildman–Crippen MR) is 77.6 cm³/mol. The third-order valence-corrected chi connectivity index (χ3v) is 3.98. The van der Waals surface area contributed by atoms with Crippen LogP contribution in [0.4, 0.5) is 0 Å². The number of piperidine rings is 1. The SMILES string of the molecule is Cc1cnn(CCN2CCCC(n3cc(CO)nn3)C2)c1. The lowest BCUT2D eigenvalue weighted by molar-refractivity contribution is 0.162. The molecule has 1 fully saturated rings. The number of aromatic nitrogens is 5. The fraction of sp³-hybridized carbons (Fsp3) is 0.643. The van der Waals surface area contributed by atoms with Gasteiger partial charge in [0, 0.05) is 19.3 Å². The molecule has 0 bridgehead atoms. The van der Waals surface area contributed by atoms with Crippen LogP contribution in [0.3, 0.4) is 0 Å². The van der Waals surface area contributed by atoms with Crippen molar-refractivity contribution < 1.29 is 5.11 Å². The largest absolute Gasteiger partial charge is 0.390 e. The van der Waals surface area contributed by atoms with Gasteiger partial charge in [-0.2, -0.15) is 5.10 Å². The van der Waals surface area contributed by atoms with Crippen LogP contribution in [0.5, 0.6) is 0 Å². The van der Waals surface area contributed by atoms with E-state index in [-0.39, 0.29) is 6.61 Å². The van der Waals surface area contributed by atoms with E-state index in [2.05, 4.69) is 33.4 Å². The monoisotopic (exact) mass is 290 g/mol. The van der Waals surface area contributed by atoms with Crippen LogP contribution in [0, 0.1) is 6.92 Å². The van der Waals surface area contributed by atoms with Crippen molar-refractivity contribution in [3.8, 4) is 0 Å². The molecule has 1 atom stereocenters. The summed E-state index contributed by atoms with van der Waals surface area (Å²) < 4.78 is 3.90. The highest BCUT2D eigenvalue weighted by Gasteiger charge is 2.22. The maximum absolute atomic E-state index is 9.08. The Hall–Kier alpha value is -1.73. The minimum absolute atomic E-state index is 0.0465. The van der Waals surface area contributed by atoms with E-state index in [1.807, 2.05) is 21.8 Å². The van der Waals surface area contributed by atoms with E-state index >= 15 is 0 Å². The second kappa shape index (κ2) is 6.36. The van der Waals surface area contributed by atoms with Crippen molar-refractivity contribution in [3.63, 3.8) is 0 Å². The third-order valence-electron chi connectivity index (χ3n) is 3.98. The molecule has 0 aliphatic carbocycles. The summed E-state index contributed by atoms with van der Waals surface area (Å²) in [5.41, 5.74) is 1.84. The summed E-state index contributed by atoms with van der Waals surface area (Å²) >= 11 is 0. The van der Waals surface area contributed by atoms with Gasteiger partial charge in [0.1, 0.15) is 5.69 Å².